The number of aryl methyl sites for hydroxylation is 1. The van der Waals surface area contributed by atoms with Gasteiger partial charge in [0.25, 0.3) is 0 Å². The highest BCUT2D eigenvalue weighted by molar-refractivity contribution is 5.76. The number of nitrogens with one attached hydrogen (secondary N) is 2. The zero-order valence-corrected chi connectivity index (χ0v) is 14.4. The van der Waals surface area contributed by atoms with Gasteiger partial charge in [-0.3, -0.25) is 4.79 Å². The summed E-state index contributed by atoms with van der Waals surface area (Å²) < 4.78 is 10.5. The molecule has 0 saturated carbocycles. The van der Waals surface area contributed by atoms with Crippen LogP contribution < -0.4 is 10.6 Å². The Hall–Kier alpha value is -1.47. The van der Waals surface area contributed by atoms with Crippen LogP contribution in [-0.2, 0) is 16.0 Å². The highest BCUT2D eigenvalue weighted by atomic mass is 16.5. The molecule has 0 radical (unpaired) electrons. The number of rotatable bonds is 8. The van der Waals surface area contributed by atoms with Gasteiger partial charge >= 0.3 is 0 Å². The number of amides is 1. The van der Waals surface area contributed by atoms with Crippen molar-refractivity contribution in [2.75, 3.05) is 33.4 Å². The summed E-state index contributed by atoms with van der Waals surface area (Å²) in [5.74, 6) is 1.46. The third-order valence-electron chi connectivity index (χ3n) is 4.34. The Kier molecular flexibility index (Phi) is 6.53. The number of hydrogen-bond donors (Lipinski definition) is 2. The van der Waals surface area contributed by atoms with E-state index in [-0.39, 0.29) is 17.2 Å². The van der Waals surface area contributed by atoms with Gasteiger partial charge in [0, 0.05) is 37.8 Å². The van der Waals surface area contributed by atoms with Crippen molar-refractivity contribution in [1.29, 1.82) is 0 Å². The van der Waals surface area contributed by atoms with Gasteiger partial charge in [0.15, 0.2) is 5.82 Å². The van der Waals surface area contributed by atoms with E-state index < -0.39 is 0 Å². The fourth-order valence-corrected chi connectivity index (χ4v) is 2.83. The van der Waals surface area contributed by atoms with Crippen LogP contribution in [0.15, 0.2) is 4.52 Å². The highest BCUT2D eigenvalue weighted by Gasteiger charge is 2.32. The molecule has 0 bridgehead atoms. The second-order valence-electron chi connectivity index (χ2n) is 6.66. The first-order chi connectivity index (χ1) is 11.0. The minimum Gasteiger partial charge on any atom is -0.384 e. The molecule has 7 nitrogen and oxygen atoms in total. The van der Waals surface area contributed by atoms with Crippen molar-refractivity contribution in [2.45, 2.75) is 45.4 Å². The lowest BCUT2D eigenvalue weighted by molar-refractivity contribution is -0.122. The molecule has 1 aliphatic heterocycles. The highest BCUT2D eigenvalue weighted by Crippen LogP contribution is 2.28. The van der Waals surface area contributed by atoms with Gasteiger partial charge in [0.1, 0.15) is 0 Å². The van der Waals surface area contributed by atoms with E-state index in [1.54, 1.807) is 7.11 Å². The quantitative estimate of drug-likeness (QED) is 0.748. The van der Waals surface area contributed by atoms with E-state index in [9.17, 15) is 4.79 Å². The number of nitrogens with zero attached hydrogens (tertiary/aromatic N) is 2. The van der Waals surface area contributed by atoms with Crippen LogP contribution in [0.2, 0.25) is 0 Å². The smallest absolute Gasteiger partial charge is 0.227 e. The second kappa shape index (κ2) is 8.40. The Balaban J connectivity index is 1.77. The van der Waals surface area contributed by atoms with E-state index in [0.717, 1.165) is 25.9 Å². The van der Waals surface area contributed by atoms with Gasteiger partial charge in [-0.05, 0) is 25.9 Å². The maximum absolute atomic E-state index is 12.1. The first-order valence-corrected chi connectivity index (χ1v) is 8.33. The molecule has 1 aliphatic rings. The van der Waals surface area contributed by atoms with E-state index in [2.05, 4.69) is 20.8 Å². The van der Waals surface area contributed by atoms with E-state index in [0.29, 0.717) is 37.7 Å². The maximum atomic E-state index is 12.1. The lowest BCUT2D eigenvalue weighted by Crippen LogP contribution is -2.47. The number of carbonyl (C=O) groups is 1. The van der Waals surface area contributed by atoms with Crippen LogP contribution in [0.5, 0.6) is 0 Å². The van der Waals surface area contributed by atoms with E-state index in [4.69, 9.17) is 9.26 Å². The third kappa shape index (κ3) is 5.28. The molecule has 1 saturated heterocycles. The summed E-state index contributed by atoms with van der Waals surface area (Å²) in [5, 5.41) is 10.3. The topological polar surface area (TPSA) is 89.3 Å². The van der Waals surface area contributed by atoms with Crippen LogP contribution in [-0.4, -0.2) is 49.4 Å². The molecule has 23 heavy (non-hydrogen) atoms. The summed E-state index contributed by atoms with van der Waals surface area (Å²) >= 11 is 0. The monoisotopic (exact) mass is 324 g/mol. The normalized spacial score (nSPS) is 17.4. The van der Waals surface area contributed by atoms with Crippen molar-refractivity contribution in [3.05, 3.63) is 11.7 Å². The summed E-state index contributed by atoms with van der Waals surface area (Å²) in [7, 11) is 1.72. The molecule has 1 aromatic heterocycles. The maximum Gasteiger partial charge on any atom is 0.227 e. The first-order valence-electron chi connectivity index (χ1n) is 8.33. The Morgan fingerprint density at radius 2 is 2.17 bits per heavy atom. The Morgan fingerprint density at radius 3 is 2.78 bits per heavy atom. The average molecular weight is 324 g/mol. The van der Waals surface area contributed by atoms with Gasteiger partial charge in [0.2, 0.25) is 11.8 Å². The SMILES string of the molecule is COCC1(CNC(=O)CCc2nc(C(C)C)no2)CCNCC1. The summed E-state index contributed by atoms with van der Waals surface area (Å²) in [6.07, 6.45) is 2.87. The molecular formula is C16H28N4O3. The molecule has 1 amide bonds. The van der Waals surface area contributed by atoms with Crippen LogP contribution >= 0.6 is 0 Å². The van der Waals surface area contributed by atoms with Crippen molar-refractivity contribution < 1.29 is 14.1 Å². The van der Waals surface area contributed by atoms with Gasteiger partial charge in [-0.15, -0.1) is 0 Å². The molecule has 0 atom stereocenters. The van der Waals surface area contributed by atoms with Crippen LogP contribution in [0.25, 0.3) is 0 Å². The summed E-state index contributed by atoms with van der Waals surface area (Å²) in [5.41, 5.74) is 0.0466. The van der Waals surface area contributed by atoms with Crippen molar-refractivity contribution in [1.82, 2.24) is 20.8 Å². The van der Waals surface area contributed by atoms with E-state index in [1.807, 2.05) is 13.8 Å². The standard InChI is InChI=1S/C16H28N4O3/c1-12(2)15-19-14(23-20-15)5-4-13(21)18-10-16(11-22-3)6-8-17-9-7-16/h12,17H,4-11H2,1-3H3,(H,18,21). The molecule has 2 heterocycles. The van der Waals surface area contributed by atoms with Gasteiger partial charge in [-0.25, -0.2) is 0 Å². The molecule has 0 unspecified atom stereocenters. The largest absolute Gasteiger partial charge is 0.384 e. The minimum atomic E-state index is 0.0170. The Labute approximate surface area is 137 Å². The van der Waals surface area contributed by atoms with Crippen molar-refractivity contribution >= 4 is 5.91 Å². The predicted octanol–water partition coefficient (Wildman–Crippen LogP) is 1.26. The summed E-state index contributed by atoms with van der Waals surface area (Å²) in [6, 6.07) is 0. The molecule has 1 aromatic rings. The number of ether oxygens (including phenoxy) is 1. The van der Waals surface area contributed by atoms with Gasteiger partial charge < -0.3 is 19.9 Å². The fourth-order valence-electron chi connectivity index (χ4n) is 2.83. The Morgan fingerprint density at radius 1 is 1.43 bits per heavy atom. The molecule has 0 aliphatic carbocycles. The molecule has 130 valence electrons. The molecular weight excluding hydrogens is 296 g/mol. The number of aromatic nitrogens is 2. The fraction of sp³-hybridized carbons (Fsp3) is 0.812. The molecule has 2 N–H and O–H groups in total. The summed E-state index contributed by atoms with van der Waals surface area (Å²) in [6.45, 7) is 7.29. The van der Waals surface area contributed by atoms with Crippen LogP contribution in [0.3, 0.4) is 0 Å². The van der Waals surface area contributed by atoms with Crippen molar-refractivity contribution in [2.24, 2.45) is 5.41 Å². The van der Waals surface area contributed by atoms with Gasteiger partial charge in [-0.2, -0.15) is 4.98 Å². The van der Waals surface area contributed by atoms with Gasteiger partial charge in [-0.1, -0.05) is 19.0 Å². The molecule has 0 spiro atoms. The van der Waals surface area contributed by atoms with Crippen LogP contribution in [0, 0.1) is 5.41 Å². The summed E-state index contributed by atoms with van der Waals surface area (Å²) in [4.78, 5) is 16.4. The Bertz CT molecular complexity index is 490. The number of carbonyl (C=O) groups excluding carboxylic acids is 1. The average Bonchev–Trinajstić information content (AvgIpc) is 3.01. The van der Waals surface area contributed by atoms with E-state index in [1.165, 1.54) is 0 Å². The van der Waals surface area contributed by atoms with Crippen molar-refractivity contribution in [3.63, 3.8) is 0 Å². The number of piperidine rings is 1. The van der Waals surface area contributed by atoms with Gasteiger partial charge in [0.05, 0.1) is 6.61 Å². The molecule has 1 fully saturated rings. The van der Waals surface area contributed by atoms with Crippen molar-refractivity contribution in [3.8, 4) is 0 Å². The zero-order valence-electron chi connectivity index (χ0n) is 14.4. The molecule has 0 aromatic carbocycles. The van der Waals surface area contributed by atoms with Crippen LogP contribution in [0.1, 0.15) is 50.7 Å². The number of methoxy groups -OCH3 is 1. The third-order valence-corrected chi connectivity index (χ3v) is 4.34. The van der Waals surface area contributed by atoms with Crippen LogP contribution in [0.4, 0.5) is 0 Å². The molecule has 7 heteroatoms. The number of hydrogen-bond acceptors (Lipinski definition) is 6. The minimum absolute atomic E-state index is 0.0170. The lowest BCUT2D eigenvalue weighted by atomic mass is 9.79. The second-order valence-corrected chi connectivity index (χ2v) is 6.66. The molecule has 2 rings (SSSR count). The lowest BCUT2D eigenvalue weighted by Gasteiger charge is -2.37. The van der Waals surface area contributed by atoms with E-state index >= 15 is 0 Å². The predicted molar refractivity (Wildman–Crippen MR) is 86.1 cm³/mol. The first kappa shape index (κ1) is 17.9. The zero-order chi connectivity index (χ0) is 16.7.